The van der Waals surface area contributed by atoms with Crippen molar-refractivity contribution in [1.82, 2.24) is 5.01 Å². The number of halogens is 3. The number of piperidine rings is 1. The van der Waals surface area contributed by atoms with Crippen LogP contribution < -0.4 is 10.6 Å². The van der Waals surface area contributed by atoms with Crippen LogP contribution in [-0.2, 0) is 18.4 Å². The third kappa shape index (κ3) is 4.45. The number of ether oxygens (including phenoxy) is 1. The van der Waals surface area contributed by atoms with Gasteiger partial charge in [-0.05, 0) is 48.4 Å². The van der Waals surface area contributed by atoms with Crippen LogP contribution in [0.4, 0.5) is 13.2 Å². The van der Waals surface area contributed by atoms with Crippen LogP contribution in [0.1, 0.15) is 36.0 Å². The first kappa shape index (κ1) is 19.7. The predicted molar refractivity (Wildman–Crippen MR) is 99.3 cm³/mol. The molecule has 1 aliphatic heterocycles. The summed E-state index contributed by atoms with van der Waals surface area (Å²) in [7, 11) is 1.54. The van der Waals surface area contributed by atoms with Crippen LogP contribution in [0.2, 0.25) is 0 Å². The Bertz CT molecular complexity index is 764. The smallest absolute Gasteiger partial charge is 0.393 e. The summed E-state index contributed by atoms with van der Waals surface area (Å²) in [5.74, 6) is 7.03. The van der Waals surface area contributed by atoms with E-state index in [0.29, 0.717) is 12.2 Å². The Morgan fingerprint density at radius 1 is 1.11 bits per heavy atom. The van der Waals surface area contributed by atoms with Crippen LogP contribution in [0.3, 0.4) is 0 Å². The molecule has 0 saturated carbocycles. The highest BCUT2D eigenvalue weighted by molar-refractivity contribution is 5.41. The van der Waals surface area contributed by atoms with Gasteiger partial charge in [-0.3, -0.25) is 5.84 Å². The second-order valence-electron chi connectivity index (χ2n) is 7.16. The van der Waals surface area contributed by atoms with Crippen LogP contribution in [0.25, 0.3) is 0 Å². The number of nitrogens with zero attached hydrogens (tertiary/aromatic N) is 1. The van der Waals surface area contributed by atoms with E-state index in [4.69, 9.17) is 10.6 Å². The highest BCUT2D eigenvalue weighted by Gasteiger charge is 2.40. The largest absolute Gasteiger partial charge is 0.496 e. The number of hydrogen-bond acceptors (Lipinski definition) is 3. The van der Waals surface area contributed by atoms with Gasteiger partial charge in [0.25, 0.3) is 0 Å². The zero-order chi connectivity index (χ0) is 19.5. The number of rotatable bonds is 5. The van der Waals surface area contributed by atoms with Crippen molar-refractivity contribution in [2.45, 2.75) is 43.8 Å². The second kappa shape index (κ2) is 7.90. The second-order valence-corrected chi connectivity index (χ2v) is 7.16. The van der Waals surface area contributed by atoms with Gasteiger partial charge in [0.1, 0.15) is 5.75 Å². The van der Waals surface area contributed by atoms with Crippen molar-refractivity contribution in [3.05, 3.63) is 65.2 Å². The third-order valence-corrected chi connectivity index (χ3v) is 5.33. The minimum Gasteiger partial charge on any atom is -0.496 e. The molecule has 1 aliphatic rings. The highest BCUT2D eigenvalue weighted by Crippen LogP contribution is 2.40. The molecule has 27 heavy (non-hydrogen) atoms. The van der Waals surface area contributed by atoms with Gasteiger partial charge in [-0.2, -0.15) is 13.2 Å². The Hall–Kier alpha value is -2.05. The van der Waals surface area contributed by atoms with E-state index >= 15 is 0 Å². The van der Waals surface area contributed by atoms with Crippen LogP contribution in [-0.4, -0.2) is 24.8 Å². The van der Waals surface area contributed by atoms with Crippen molar-refractivity contribution in [2.75, 3.05) is 13.7 Å². The normalized spacial score (nSPS) is 21.2. The van der Waals surface area contributed by atoms with E-state index < -0.39 is 18.1 Å². The fourth-order valence-electron chi connectivity index (χ4n) is 4.03. The van der Waals surface area contributed by atoms with Gasteiger partial charge in [-0.15, -0.1) is 0 Å². The van der Waals surface area contributed by atoms with E-state index in [2.05, 4.69) is 0 Å². The zero-order valence-electron chi connectivity index (χ0n) is 15.4. The van der Waals surface area contributed by atoms with Crippen LogP contribution in [0.15, 0.2) is 48.5 Å². The molecule has 1 fully saturated rings. The summed E-state index contributed by atoms with van der Waals surface area (Å²) < 4.78 is 44.0. The molecule has 2 aromatic rings. The maximum absolute atomic E-state index is 12.9. The molecule has 1 atom stereocenters. The number of hydrazine groups is 1. The molecular weight excluding hydrogens is 353 g/mol. The molecule has 3 nitrogen and oxygen atoms in total. The van der Waals surface area contributed by atoms with E-state index in [1.54, 1.807) is 19.2 Å². The Morgan fingerprint density at radius 3 is 2.48 bits per heavy atom. The molecule has 0 aliphatic carbocycles. The monoisotopic (exact) mass is 378 g/mol. The number of hydrogen-bond donors (Lipinski definition) is 1. The number of methoxy groups -OCH3 is 1. The molecule has 0 bridgehead atoms. The third-order valence-electron chi connectivity index (χ3n) is 5.33. The van der Waals surface area contributed by atoms with Crippen LogP contribution >= 0.6 is 0 Å². The highest BCUT2D eigenvalue weighted by atomic mass is 19.4. The number of alkyl halides is 3. The lowest BCUT2D eigenvalue weighted by Gasteiger charge is -2.45. The summed E-state index contributed by atoms with van der Waals surface area (Å²) in [6.07, 6.45) is -1.81. The summed E-state index contributed by atoms with van der Waals surface area (Å²) in [5, 5.41) is 1.85. The van der Waals surface area contributed by atoms with Crippen molar-refractivity contribution in [2.24, 2.45) is 5.84 Å². The first-order valence-corrected chi connectivity index (χ1v) is 9.14. The van der Waals surface area contributed by atoms with Crippen molar-refractivity contribution >= 4 is 0 Å². The Morgan fingerprint density at radius 2 is 1.85 bits per heavy atom. The van der Waals surface area contributed by atoms with Gasteiger partial charge in [0.05, 0.1) is 19.1 Å². The molecule has 0 spiro atoms. The summed E-state index contributed by atoms with van der Waals surface area (Å²) in [5.41, 5.74) is 1.61. The van der Waals surface area contributed by atoms with Crippen molar-refractivity contribution in [1.29, 1.82) is 0 Å². The van der Waals surface area contributed by atoms with Crippen molar-refractivity contribution < 1.29 is 17.9 Å². The minimum absolute atomic E-state index is 0.237. The summed E-state index contributed by atoms with van der Waals surface area (Å²) in [4.78, 5) is 0. The SMILES string of the molecule is COc1ccc(CC(F)(F)F)cc1CC1(c2ccccc2)CCCCN1N. The van der Waals surface area contributed by atoms with Crippen molar-refractivity contribution in [3.63, 3.8) is 0 Å². The van der Waals surface area contributed by atoms with E-state index in [0.717, 1.165) is 36.9 Å². The lowest BCUT2D eigenvalue weighted by Crippen LogP contribution is -2.54. The van der Waals surface area contributed by atoms with Crippen LogP contribution in [0.5, 0.6) is 5.75 Å². The Kier molecular flexibility index (Phi) is 5.77. The van der Waals surface area contributed by atoms with E-state index in [1.165, 1.54) is 6.07 Å². The lowest BCUT2D eigenvalue weighted by molar-refractivity contribution is -0.127. The molecule has 6 heteroatoms. The molecule has 0 radical (unpaired) electrons. The first-order chi connectivity index (χ1) is 12.8. The molecule has 2 N–H and O–H groups in total. The molecule has 2 aromatic carbocycles. The van der Waals surface area contributed by atoms with Gasteiger partial charge in [0.15, 0.2) is 0 Å². The fourth-order valence-corrected chi connectivity index (χ4v) is 4.03. The fraction of sp³-hybridized carbons (Fsp3) is 0.429. The maximum atomic E-state index is 12.9. The average molecular weight is 378 g/mol. The van der Waals surface area contributed by atoms with Gasteiger partial charge in [-0.25, -0.2) is 5.01 Å². The lowest BCUT2D eigenvalue weighted by atomic mass is 9.76. The molecular formula is C21H25F3N2O. The van der Waals surface area contributed by atoms with Gasteiger partial charge < -0.3 is 4.74 Å². The first-order valence-electron chi connectivity index (χ1n) is 9.14. The summed E-state index contributed by atoms with van der Waals surface area (Å²) >= 11 is 0. The standard InChI is InChI=1S/C21H25F3N2O/c1-27-19-10-9-16(14-21(22,23)24)13-17(19)15-20(11-5-6-12-26(20)25)18-7-3-2-4-8-18/h2-4,7-10,13H,5-6,11-12,14-15,25H2,1H3. The van der Waals surface area contributed by atoms with Gasteiger partial charge >= 0.3 is 6.18 Å². The molecule has 3 rings (SSSR count). The van der Waals surface area contributed by atoms with Gasteiger partial charge in [0.2, 0.25) is 0 Å². The number of nitrogens with two attached hydrogens (primary N) is 1. The van der Waals surface area contributed by atoms with Crippen LogP contribution in [0, 0.1) is 0 Å². The Labute approximate surface area is 157 Å². The molecule has 1 heterocycles. The quantitative estimate of drug-likeness (QED) is 0.773. The molecule has 1 unspecified atom stereocenters. The predicted octanol–water partition coefficient (Wildman–Crippen LogP) is 4.60. The zero-order valence-corrected chi connectivity index (χ0v) is 15.4. The summed E-state index contributed by atoms with van der Waals surface area (Å²) in [6, 6.07) is 14.7. The van der Waals surface area contributed by atoms with E-state index in [-0.39, 0.29) is 5.56 Å². The molecule has 0 amide bonds. The van der Waals surface area contributed by atoms with Crippen molar-refractivity contribution in [3.8, 4) is 5.75 Å². The minimum atomic E-state index is -4.24. The van der Waals surface area contributed by atoms with Gasteiger partial charge in [-0.1, -0.05) is 42.5 Å². The maximum Gasteiger partial charge on any atom is 0.393 e. The van der Waals surface area contributed by atoms with Gasteiger partial charge in [0, 0.05) is 6.54 Å². The van der Waals surface area contributed by atoms with E-state index in [9.17, 15) is 13.2 Å². The summed E-state index contributed by atoms with van der Waals surface area (Å²) in [6.45, 7) is 0.749. The topological polar surface area (TPSA) is 38.5 Å². The molecule has 1 saturated heterocycles. The molecule has 0 aromatic heterocycles. The number of benzene rings is 2. The Balaban J connectivity index is 2.02. The molecule has 146 valence electrons. The van der Waals surface area contributed by atoms with E-state index in [1.807, 2.05) is 35.3 Å². The average Bonchev–Trinajstić information content (AvgIpc) is 2.63.